The summed E-state index contributed by atoms with van der Waals surface area (Å²) in [7, 11) is 0. The van der Waals surface area contributed by atoms with Crippen molar-refractivity contribution in [2.24, 2.45) is 4.99 Å². The van der Waals surface area contributed by atoms with Crippen LogP contribution in [-0.2, 0) is 17.3 Å². The highest BCUT2D eigenvalue weighted by atomic mass is 35.5. The van der Waals surface area contributed by atoms with E-state index in [-0.39, 0.29) is 24.8 Å². The summed E-state index contributed by atoms with van der Waals surface area (Å²) in [6, 6.07) is 6.47. The fourth-order valence-electron chi connectivity index (χ4n) is 2.39. The molecule has 2 heterocycles. The van der Waals surface area contributed by atoms with E-state index < -0.39 is 28.8 Å². The number of rotatable bonds is 5. The third-order valence-corrected chi connectivity index (χ3v) is 4.20. The molecular formula is C18H16ClF3N4O3. The Morgan fingerprint density at radius 2 is 1.97 bits per heavy atom. The van der Waals surface area contributed by atoms with Gasteiger partial charge in [0.2, 0.25) is 5.90 Å². The lowest BCUT2D eigenvalue weighted by molar-refractivity contribution is -0.141. The van der Waals surface area contributed by atoms with Gasteiger partial charge in [0, 0.05) is 19.2 Å². The summed E-state index contributed by atoms with van der Waals surface area (Å²) >= 11 is 6.25. The second-order valence-electron chi connectivity index (χ2n) is 6.34. The van der Waals surface area contributed by atoms with E-state index in [1.165, 1.54) is 0 Å². The van der Waals surface area contributed by atoms with Crippen molar-refractivity contribution < 1.29 is 27.4 Å². The maximum absolute atomic E-state index is 12.7. The smallest absolute Gasteiger partial charge is 0.433 e. The normalized spacial score (nSPS) is 19.3. The van der Waals surface area contributed by atoms with Gasteiger partial charge in [0.25, 0.3) is 0 Å². The molecule has 0 saturated heterocycles. The SMILES string of the molecule is CC1(Cl)CNC(=O)N=C1OCCc1ccc(Oc2nccc(C(F)(F)F)n2)cc1. The number of urea groups is 1. The van der Waals surface area contributed by atoms with Crippen LogP contribution in [0, 0.1) is 0 Å². The molecule has 0 fully saturated rings. The summed E-state index contributed by atoms with van der Waals surface area (Å²) in [6.45, 7) is 2.15. The number of halogens is 4. The Balaban J connectivity index is 1.56. The van der Waals surface area contributed by atoms with Crippen molar-refractivity contribution in [2.75, 3.05) is 13.2 Å². The molecule has 0 saturated carbocycles. The van der Waals surface area contributed by atoms with E-state index in [1.807, 2.05) is 0 Å². The van der Waals surface area contributed by atoms with Gasteiger partial charge in [0.05, 0.1) is 6.61 Å². The van der Waals surface area contributed by atoms with Crippen molar-refractivity contribution in [3.8, 4) is 11.8 Å². The first-order valence-electron chi connectivity index (χ1n) is 8.49. The van der Waals surface area contributed by atoms with Crippen molar-refractivity contribution in [2.45, 2.75) is 24.4 Å². The number of nitrogens with zero attached hydrogens (tertiary/aromatic N) is 3. The lowest BCUT2D eigenvalue weighted by atomic mass is 10.1. The summed E-state index contributed by atoms with van der Waals surface area (Å²) in [5.41, 5.74) is -0.207. The molecule has 0 radical (unpaired) electrons. The quantitative estimate of drug-likeness (QED) is 0.728. The first-order chi connectivity index (χ1) is 13.6. The van der Waals surface area contributed by atoms with Crippen molar-refractivity contribution in [3.05, 3.63) is 47.8 Å². The molecule has 29 heavy (non-hydrogen) atoms. The molecule has 3 rings (SSSR count). The van der Waals surface area contributed by atoms with Crippen molar-refractivity contribution in [1.82, 2.24) is 15.3 Å². The molecule has 1 aromatic heterocycles. The van der Waals surface area contributed by atoms with Crippen molar-refractivity contribution in [3.63, 3.8) is 0 Å². The highest BCUT2D eigenvalue weighted by Gasteiger charge is 2.35. The summed E-state index contributed by atoms with van der Waals surface area (Å²) in [5, 5.41) is 2.52. The summed E-state index contributed by atoms with van der Waals surface area (Å²) < 4.78 is 48.9. The highest BCUT2D eigenvalue weighted by molar-refractivity contribution is 6.36. The maximum atomic E-state index is 12.7. The van der Waals surface area contributed by atoms with Crippen LogP contribution < -0.4 is 10.1 Å². The Morgan fingerprint density at radius 3 is 2.66 bits per heavy atom. The first kappa shape index (κ1) is 20.8. The molecule has 1 aliphatic rings. The van der Waals surface area contributed by atoms with E-state index in [9.17, 15) is 18.0 Å². The van der Waals surface area contributed by atoms with Gasteiger partial charge in [-0.15, -0.1) is 11.6 Å². The van der Waals surface area contributed by atoms with Crippen LogP contribution in [-0.4, -0.2) is 39.9 Å². The van der Waals surface area contributed by atoms with E-state index in [0.717, 1.165) is 17.8 Å². The average Bonchev–Trinajstić information content (AvgIpc) is 2.66. The first-order valence-corrected chi connectivity index (χ1v) is 8.87. The maximum Gasteiger partial charge on any atom is 0.433 e. The lowest BCUT2D eigenvalue weighted by Crippen LogP contribution is -2.48. The number of aromatic nitrogens is 2. The number of amides is 2. The van der Waals surface area contributed by atoms with Crippen LogP contribution >= 0.6 is 11.6 Å². The molecule has 1 N–H and O–H groups in total. The molecule has 1 aliphatic heterocycles. The molecule has 11 heteroatoms. The minimum atomic E-state index is -4.58. The van der Waals surface area contributed by atoms with Crippen LogP contribution in [0.2, 0.25) is 0 Å². The monoisotopic (exact) mass is 428 g/mol. The van der Waals surface area contributed by atoms with Crippen LogP contribution in [0.5, 0.6) is 11.8 Å². The van der Waals surface area contributed by atoms with Gasteiger partial charge >= 0.3 is 18.2 Å². The Labute approximate surface area is 168 Å². The molecule has 0 spiro atoms. The number of benzene rings is 1. The Morgan fingerprint density at radius 1 is 1.24 bits per heavy atom. The van der Waals surface area contributed by atoms with E-state index in [4.69, 9.17) is 21.1 Å². The molecular weight excluding hydrogens is 413 g/mol. The van der Waals surface area contributed by atoms with Gasteiger partial charge in [-0.05, 0) is 30.7 Å². The standard InChI is InChI=1S/C18H16ClF3N4O3/c1-17(19)10-24-15(27)26-14(17)28-9-7-11-2-4-12(5-3-11)29-16-23-8-6-13(25-16)18(20,21)22/h2-6,8H,7,9-10H2,1H3,(H,24,27). The van der Waals surface area contributed by atoms with Crippen molar-refractivity contribution >= 4 is 23.5 Å². The van der Waals surface area contributed by atoms with Crippen LogP contribution in [0.1, 0.15) is 18.2 Å². The van der Waals surface area contributed by atoms with E-state index in [2.05, 4.69) is 20.3 Å². The van der Waals surface area contributed by atoms with Gasteiger partial charge in [-0.3, -0.25) is 0 Å². The molecule has 2 amide bonds. The topological polar surface area (TPSA) is 85.7 Å². The second-order valence-corrected chi connectivity index (χ2v) is 7.17. The van der Waals surface area contributed by atoms with Gasteiger partial charge in [-0.2, -0.15) is 23.1 Å². The Bertz CT molecular complexity index is 917. The van der Waals surface area contributed by atoms with E-state index in [1.54, 1.807) is 31.2 Å². The lowest BCUT2D eigenvalue weighted by Gasteiger charge is -2.27. The Hall–Kier alpha value is -2.88. The van der Waals surface area contributed by atoms with Crippen LogP contribution in [0.4, 0.5) is 18.0 Å². The number of alkyl halides is 4. The summed E-state index contributed by atoms with van der Waals surface area (Å²) in [4.78, 5) is 21.2. The molecule has 1 aromatic carbocycles. The van der Waals surface area contributed by atoms with Crippen LogP contribution in [0.25, 0.3) is 0 Å². The molecule has 2 aromatic rings. The Kier molecular flexibility index (Phi) is 5.92. The molecule has 7 nitrogen and oxygen atoms in total. The largest absolute Gasteiger partial charge is 0.479 e. The third kappa shape index (κ3) is 5.57. The molecule has 1 unspecified atom stereocenters. The number of hydrogen-bond donors (Lipinski definition) is 1. The van der Waals surface area contributed by atoms with Crippen LogP contribution in [0.3, 0.4) is 0 Å². The van der Waals surface area contributed by atoms with Gasteiger partial charge in [-0.1, -0.05) is 12.1 Å². The number of aliphatic imine (C=N–C) groups is 1. The van der Waals surface area contributed by atoms with Crippen molar-refractivity contribution in [1.29, 1.82) is 0 Å². The molecule has 0 aliphatic carbocycles. The number of ether oxygens (including phenoxy) is 2. The minimum absolute atomic E-state index is 0.157. The van der Waals surface area contributed by atoms with Crippen LogP contribution in [0.15, 0.2) is 41.5 Å². The minimum Gasteiger partial charge on any atom is -0.479 e. The zero-order chi connectivity index (χ0) is 21.1. The zero-order valence-electron chi connectivity index (χ0n) is 15.2. The van der Waals surface area contributed by atoms with E-state index in [0.29, 0.717) is 6.42 Å². The summed E-state index contributed by atoms with van der Waals surface area (Å²) in [5.74, 6) is 0.445. The van der Waals surface area contributed by atoms with Gasteiger partial charge in [-0.25, -0.2) is 9.78 Å². The third-order valence-electron chi connectivity index (χ3n) is 3.91. The molecule has 154 valence electrons. The second kappa shape index (κ2) is 8.24. The molecule has 0 bridgehead atoms. The number of hydrogen-bond acceptors (Lipinski definition) is 5. The fraction of sp³-hybridized carbons (Fsp3) is 0.333. The molecule has 1 atom stereocenters. The fourth-order valence-corrected chi connectivity index (χ4v) is 2.55. The number of carbonyl (C=O) groups excluding carboxylic acids is 1. The predicted molar refractivity (Wildman–Crippen MR) is 98.3 cm³/mol. The summed E-state index contributed by atoms with van der Waals surface area (Å²) in [6.07, 6.45) is -3.10. The predicted octanol–water partition coefficient (Wildman–Crippen LogP) is 3.97. The zero-order valence-corrected chi connectivity index (χ0v) is 15.9. The number of nitrogens with one attached hydrogen (secondary N) is 1. The average molecular weight is 429 g/mol. The highest BCUT2D eigenvalue weighted by Crippen LogP contribution is 2.29. The van der Waals surface area contributed by atoms with Gasteiger partial charge in [0.1, 0.15) is 10.6 Å². The van der Waals surface area contributed by atoms with Gasteiger partial charge in [0.15, 0.2) is 5.69 Å². The van der Waals surface area contributed by atoms with E-state index >= 15 is 0 Å². The number of carbonyl (C=O) groups is 1. The van der Waals surface area contributed by atoms with Gasteiger partial charge < -0.3 is 14.8 Å².